The third-order valence-electron chi connectivity index (χ3n) is 9.28. The molecule has 0 amide bonds. The summed E-state index contributed by atoms with van der Waals surface area (Å²) in [6.07, 6.45) is 17.0. The van der Waals surface area contributed by atoms with Crippen molar-refractivity contribution in [2.45, 2.75) is 85.0 Å². The molecular formula is C26H38O3. The van der Waals surface area contributed by atoms with Gasteiger partial charge in [0.05, 0.1) is 6.61 Å². The normalized spacial score (nSPS) is 41.5. The molecule has 0 aromatic heterocycles. The largest absolute Gasteiger partial charge is 0.463 e. The van der Waals surface area contributed by atoms with Gasteiger partial charge in [0, 0.05) is 12.5 Å². The minimum Gasteiger partial charge on any atom is -0.463 e. The zero-order valence-electron chi connectivity index (χ0n) is 18.5. The summed E-state index contributed by atoms with van der Waals surface area (Å²) in [5.41, 5.74) is 2.13. The van der Waals surface area contributed by atoms with Gasteiger partial charge in [0.2, 0.25) is 0 Å². The fourth-order valence-electron chi connectivity index (χ4n) is 7.63. The molecule has 4 aliphatic rings. The summed E-state index contributed by atoms with van der Waals surface area (Å²) in [6.45, 7) is 7.52. The van der Waals surface area contributed by atoms with Crippen LogP contribution in [0.5, 0.6) is 0 Å². The highest BCUT2D eigenvalue weighted by molar-refractivity contribution is 5.91. The number of allylic oxidation sites excluding steroid dienone is 2. The Hall–Kier alpha value is -1.38. The van der Waals surface area contributed by atoms with Crippen LogP contribution in [0.3, 0.4) is 0 Å². The van der Waals surface area contributed by atoms with E-state index in [-0.39, 0.29) is 11.4 Å². The molecule has 0 radical (unpaired) electrons. The van der Waals surface area contributed by atoms with Gasteiger partial charge in [0.1, 0.15) is 0 Å². The van der Waals surface area contributed by atoms with Crippen LogP contribution in [-0.4, -0.2) is 18.4 Å². The van der Waals surface area contributed by atoms with Crippen molar-refractivity contribution >= 4 is 11.8 Å². The van der Waals surface area contributed by atoms with Crippen LogP contribution in [-0.2, 0) is 14.3 Å². The minimum absolute atomic E-state index is 0.193. The van der Waals surface area contributed by atoms with Gasteiger partial charge in [-0.3, -0.25) is 4.79 Å². The predicted molar refractivity (Wildman–Crippen MR) is 115 cm³/mol. The molecule has 3 fully saturated rings. The minimum atomic E-state index is -0.193. The monoisotopic (exact) mass is 398 g/mol. The highest BCUT2D eigenvalue weighted by atomic mass is 16.5. The van der Waals surface area contributed by atoms with Crippen LogP contribution in [0.25, 0.3) is 0 Å². The highest BCUT2D eigenvalue weighted by Gasteiger charge is 2.58. The van der Waals surface area contributed by atoms with E-state index in [0.717, 1.165) is 49.9 Å². The van der Waals surface area contributed by atoms with Crippen molar-refractivity contribution in [2.75, 3.05) is 6.61 Å². The van der Waals surface area contributed by atoms with Gasteiger partial charge in [0.25, 0.3) is 0 Å². The van der Waals surface area contributed by atoms with Crippen LogP contribution in [0.4, 0.5) is 0 Å². The lowest BCUT2D eigenvalue weighted by atomic mass is 9.47. The number of fused-ring (bicyclic) bond motifs is 5. The zero-order valence-corrected chi connectivity index (χ0v) is 18.5. The molecule has 4 rings (SSSR count). The van der Waals surface area contributed by atoms with Crippen molar-refractivity contribution in [3.8, 4) is 0 Å². The fraction of sp³-hybridized carbons (Fsp3) is 0.769. The lowest BCUT2D eigenvalue weighted by molar-refractivity contribution is -0.137. The molecule has 0 heterocycles. The molecule has 0 saturated heterocycles. The molecule has 160 valence electrons. The van der Waals surface area contributed by atoms with Crippen molar-refractivity contribution in [3.05, 3.63) is 23.8 Å². The summed E-state index contributed by atoms with van der Waals surface area (Å²) in [5, 5.41) is 0. The van der Waals surface area contributed by atoms with E-state index in [4.69, 9.17) is 4.74 Å². The molecule has 3 heteroatoms. The van der Waals surface area contributed by atoms with Crippen molar-refractivity contribution in [2.24, 2.45) is 34.5 Å². The quantitative estimate of drug-likeness (QED) is 0.419. The number of ketones is 1. The summed E-state index contributed by atoms with van der Waals surface area (Å²) in [6, 6.07) is 0. The molecule has 29 heavy (non-hydrogen) atoms. The van der Waals surface area contributed by atoms with E-state index in [1.54, 1.807) is 6.08 Å². The molecule has 3 nitrogen and oxygen atoms in total. The second kappa shape index (κ2) is 8.04. The molecule has 0 bridgehead atoms. The average Bonchev–Trinajstić information content (AvgIpc) is 3.03. The number of carbonyl (C=O) groups is 2. The standard InChI is InChI=1S/C26H38O3/c1-4-16-29-24(28)7-5-6-18-9-11-22-21-10-8-19-17-20(27)12-14-26(19,3)23(21)13-15-25(18,22)2/h5,7,17-18,21-23H,4,6,8-16H2,1-3H3/b7-5+. The second-order valence-electron chi connectivity index (χ2n) is 10.6. The van der Waals surface area contributed by atoms with Crippen LogP contribution in [0.2, 0.25) is 0 Å². The van der Waals surface area contributed by atoms with Gasteiger partial charge in [-0.2, -0.15) is 0 Å². The highest BCUT2D eigenvalue weighted by Crippen LogP contribution is 2.67. The Kier molecular flexibility index (Phi) is 5.79. The van der Waals surface area contributed by atoms with Gasteiger partial charge in [-0.1, -0.05) is 32.4 Å². The number of ether oxygens (including phenoxy) is 1. The van der Waals surface area contributed by atoms with E-state index in [1.807, 2.05) is 13.0 Å². The van der Waals surface area contributed by atoms with E-state index in [2.05, 4.69) is 19.9 Å². The Morgan fingerprint density at radius 1 is 1.14 bits per heavy atom. The Labute approximate surface area is 176 Å². The first-order chi connectivity index (χ1) is 13.9. The van der Waals surface area contributed by atoms with E-state index < -0.39 is 0 Å². The van der Waals surface area contributed by atoms with Gasteiger partial charge >= 0.3 is 5.97 Å². The SMILES string of the molecule is CCCOC(=O)/C=C/CC1CCC2C3CCC4=CC(=O)CCC4(C)C3CCC12C. The Balaban J connectivity index is 1.45. The Morgan fingerprint density at radius 3 is 2.76 bits per heavy atom. The first kappa shape index (κ1) is 20.9. The second-order valence-corrected chi connectivity index (χ2v) is 10.6. The molecule has 0 N–H and O–H groups in total. The average molecular weight is 399 g/mol. The van der Waals surface area contributed by atoms with Crippen LogP contribution >= 0.6 is 0 Å². The summed E-state index contributed by atoms with van der Waals surface area (Å²) in [4.78, 5) is 23.8. The molecule has 4 aliphatic carbocycles. The van der Waals surface area contributed by atoms with Gasteiger partial charge in [-0.15, -0.1) is 0 Å². The number of esters is 1. The Morgan fingerprint density at radius 2 is 1.97 bits per heavy atom. The van der Waals surface area contributed by atoms with Crippen LogP contribution in [0.15, 0.2) is 23.8 Å². The number of hydrogen-bond donors (Lipinski definition) is 0. The summed E-state index contributed by atoms with van der Waals surface area (Å²) in [7, 11) is 0. The molecule has 0 spiro atoms. The molecule has 6 atom stereocenters. The lowest BCUT2D eigenvalue weighted by Gasteiger charge is -2.58. The molecule has 0 aromatic rings. The summed E-state index contributed by atoms with van der Waals surface area (Å²) in [5.74, 6) is 3.21. The van der Waals surface area contributed by atoms with Crippen molar-refractivity contribution in [3.63, 3.8) is 0 Å². The number of rotatable bonds is 5. The molecule has 6 unspecified atom stereocenters. The van der Waals surface area contributed by atoms with Gasteiger partial charge in [-0.05, 0) is 98.4 Å². The molecule has 0 aliphatic heterocycles. The van der Waals surface area contributed by atoms with Gasteiger partial charge < -0.3 is 4.74 Å². The number of hydrogen-bond acceptors (Lipinski definition) is 3. The topological polar surface area (TPSA) is 43.4 Å². The third kappa shape index (κ3) is 3.64. The van der Waals surface area contributed by atoms with Crippen molar-refractivity contribution in [1.82, 2.24) is 0 Å². The summed E-state index contributed by atoms with van der Waals surface area (Å²) < 4.78 is 5.17. The fourth-order valence-corrected chi connectivity index (χ4v) is 7.63. The van der Waals surface area contributed by atoms with Crippen LogP contribution in [0.1, 0.15) is 85.0 Å². The van der Waals surface area contributed by atoms with Crippen LogP contribution < -0.4 is 0 Å². The van der Waals surface area contributed by atoms with Gasteiger partial charge in [-0.25, -0.2) is 4.79 Å². The van der Waals surface area contributed by atoms with E-state index >= 15 is 0 Å². The molecule has 3 saturated carbocycles. The summed E-state index contributed by atoms with van der Waals surface area (Å²) >= 11 is 0. The van der Waals surface area contributed by atoms with E-state index in [1.165, 1.54) is 37.7 Å². The predicted octanol–water partition coefficient (Wildman–Crippen LogP) is 6.03. The maximum atomic E-state index is 12.0. The zero-order chi connectivity index (χ0) is 20.6. The first-order valence-electron chi connectivity index (χ1n) is 12.0. The lowest BCUT2D eigenvalue weighted by Crippen LogP contribution is -2.50. The maximum absolute atomic E-state index is 12.0. The van der Waals surface area contributed by atoms with Gasteiger partial charge in [0.15, 0.2) is 5.78 Å². The Bertz CT molecular complexity index is 719. The molecular weight excluding hydrogens is 360 g/mol. The maximum Gasteiger partial charge on any atom is 0.330 e. The molecule has 0 aromatic carbocycles. The van der Waals surface area contributed by atoms with Crippen LogP contribution in [0, 0.1) is 34.5 Å². The first-order valence-corrected chi connectivity index (χ1v) is 12.0. The smallest absolute Gasteiger partial charge is 0.330 e. The van der Waals surface area contributed by atoms with E-state index in [9.17, 15) is 9.59 Å². The van der Waals surface area contributed by atoms with E-state index in [0.29, 0.717) is 23.7 Å². The number of carbonyl (C=O) groups excluding carboxylic acids is 2. The third-order valence-corrected chi connectivity index (χ3v) is 9.28. The van der Waals surface area contributed by atoms with Crippen molar-refractivity contribution < 1.29 is 14.3 Å². The van der Waals surface area contributed by atoms with Crippen molar-refractivity contribution in [1.29, 1.82) is 0 Å².